The molecule has 0 aromatic heterocycles. The number of ether oxygens (including phenoxy) is 1. The Labute approximate surface area is 98.1 Å². The number of carbonyl (C=O) groups is 1. The topological polar surface area (TPSA) is 55.6 Å². The van der Waals surface area contributed by atoms with E-state index in [4.69, 9.17) is 10.5 Å². The quantitative estimate of drug-likeness (QED) is 0.784. The van der Waals surface area contributed by atoms with Gasteiger partial charge in [-0.05, 0) is 19.8 Å². The molecule has 1 fully saturated rings. The van der Waals surface area contributed by atoms with E-state index in [1.54, 1.807) is 0 Å². The van der Waals surface area contributed by atoms with Crippen LogP contribution in [0.5, 0.6) is 0 Å². The summed E-state index contributed by atoms with van der Waals surface area (Å²) in [4.78, 5) is 14.0. The van der Waals surface area contributed by atoms with Crippen LogP contribution in [0.15, 0.2) is 0 Å². The lowest BCUT2D eigenvalue weighted by Gasteiger charge is -2.37. The number of hydrogen-bond acceptors (Lipinski definition) is 3. The van der Waals surface area contributed by atoms with E-state index in [0.29, 0.717) is 13.1 Å². The summed E-state index contributed by atoms with van der Waals surface area (Å²) in [5.74, 6) is 0.303. The SMILES string of the molecule is CC[C@H](C)[C@H](N)C(=O)N1C[C@@H](C)O[C@@H](C)C1. The molecule has 0 radical (unpaired) electrons. The van der Waals surface area contributed by atoms with E-state index in [1.807, 2.05) is 25.7 Å². The van der Waals surface area contributed by atoms with Gasteiger partial charge in [0.15, 0.2) is 0 Å². The van der Waals surface area contributed by atoms with Crippen molar-refractivity contribution < 1.29 is 9.53 Å². The third-order valence-corrected chi connectivity index (χ3v) is 3.27. The number of nitrogens with two attached hydrogens (primary N) is 1. The average molecular weight is 228 g/mol. The minimum Gasteiger partial charge on any atom is -0.372 e. The van der Waals surface area contributed by atoms with Gasteiger partial charge in [0.1, 0.15) is 0 Å². The summed E-state index contributed by atoms with van der Waals surface area (Å²) in [5, 5.41) is 0. The molecule has 1 amide bonds. The molecular formula is C12H24N2O2. The third kappa shape index (κ3) is 3.19. The van der Waals surface area contributed by atoms with E-state index in [-0.39, 0.29) is 30.1 Å². The monoisotopic (exact) mass is 228 g/mol. The number of amides is 1. The van der Waals surface area contributed by atoms with Crippen molar-refractivity contribution in [3.8, 4) is 0 Å². The van der Waals surface area contributed by atoms with Gasteiger partial charge in [0.2, 0.25) is 5.91 Å². The molecule has 1 aliphatic heterocycles. The number of rotatable bonds is 3. The molecule has 0 aromatic carbocycles. The Morgan fingerprint density at radius 3 is 2.38 bits per heavy atom. The van der Waals surface area contributed by atoms with Crippen LogP contribution in [0.1, 0.15) is 34.1 Å². The van der Waals surface area contributed by atoms with Crippen LogP contribution >= 0.6 is 0 Å². The van der Waals surface area contributed by atoms with Crippen LogP contribution < -0.4 is 5.73 Å². The Balaban J connectivity index is 2.59. The molecule has 0 aliphatic carbocycles. The molecule has 0 saturated carbocycles. The first kappa shape index (κ1) is 13.5. The van der Waals surface area contributed by atoms with Crippen molar-refractivity contribution >= 4 is 5.91 Å². The van der Waals surface area contributed by atoms with Gasteiger partial charge in [-0.1, -0.05) is 20.3 Å². The van der Waals surface area contributed by atoms with Gasteiger partial charge >= 0.3 is 0 Å². The molecule has 0 spiro atoms. The van der Waals surface area contributed by atoms with Gasteiger partial charge in [-0.15, -0.1) is 0 Å². The molecule has 1 saturated heterocycles. The number of carbonyl (C=O) groups excluding carboxylic acids is 1. The Morgan fingerprint density at radius 1 is 1.44 bits per heavy atom. The van der Waals surface area contributed by atoms with Crippen LogP contribution in [0.4, 0.5) is 0 Å². The summed E-state index contributed by atoms with van der Waals surface area (Å²) in [5.41, 5.74) is 5.96. The highest BCUT2D eigenvalue weighted by atomic mass is 16.5. The second-order valence-corrected chi connectivity index (χ2v) is 4.91. The predicted molar refractivity (Wildman–Crippen MR) is 64.0 cm³/mol. The molecule has 94 valence electrons. The maximum atomic E-state index is 12.1. The molecule has 0 bridgehead atoms. The molecule has 0 unspecified atom stereocenters. The van der Waals surface area contributed by atoms with Crippen LogP contribution in [-0.4, -0.2) is 42.1 Å². The van der Waals surface area contributed by atoms with Crippen molar-refractivity contribution in [3.05, 3.63) is 0 Å². The first-order chi connectivity index (χ1) is 7.45. The lowest BCUT2D eigenvalue weighted by molar-refractivity contribution is -0.145. The van der Waals surface area contributed by atoms with Crippen LogP contribution in [0, 0.1) is 5.92 Å². The van der Waals surface area contributed by atoms with Crippen LogP contribution in [0.2, 0.25) is 0 Å². The van der Waals surface area contributed by atoms with Crippen molar-refractivity contribution in [1.29, 1.82) is 0 Å². The summed E-state index contributed by atoms with van der Waals surface area (Å²) in [7, 11) is 0. The summed E-state index contributed by atoms with van der Waals surface area (Å²) in [6, 6.07) is -0.373. The van der Waals surface area contributed by atoms with Crippen molar-refractivity contribution in [2.45, 2.75) is 52.4 Å². The molecule has 0 aromatic rings. The highest BCUT2D eigenvalue weighted by Gasteiger charge is 2.30. The first-order valence-electron chi connectivity index (χ1n) is 6.15. The summed E-state index contributed by atoms with van der Waals surface area (Å²) in [6.07, 6.45) is 1.15. The van der Waals surface area contributed by atoms with Gasteiger partial charge in [-0.2, -0.15) is 0 Å². The molecule has 4 heteroatoms. The molecule has 1 rings (SSSR count). The molecule has 4 atom stereocenters. The highest BCUT2D eigenvalue weighted by molar-refractivity contribution is 5.82. The molecule has 4 nitrogen and oxygen atoms in total. The molecular weight excluding hydrogens is 204 g/mol. The first-order valence-corrected chi connectivity index (χ1v) is 6.15. The fourth-order valence-corrected chi connectivity index (χ4v) is 2.07. The van der Waals surface area contributed by atoms with Gasteiger partial charge in [-0.25, -0.2) is 0 Å². The van der Waals surface area contributed by atoms with Crippen LogP contribution in [0.25, 0.3) is 0 Å². The number of morpholine rings is 1. The third-order valence-electron chi connectivity index (χ3n) is 3.27. The molecule has 1 heterocycles. The van der Waals surface area contributed by atoms with Crippen molar-refractivity contribution in [1.82, 2.24) is 4.90 Å². The van der Waals surface area contributed by atoms with Gasteiger partial charge in [0, 0.05) is 13.1 Å². The Bertz CT molecular complexity index is 235. The second-order valence-electron chi connectivity index (χ2n) is 4.91. The highest BCUT2D eigenvalue weighted by Crippen LogP contribution is 2.14. The number of hydrogen-bond donors (Lipinski definition) is 1. The smallest absolute Gasteiger partial charge is 0.239 e. The summed E-state index contributed by atoms with van der Waals surface area (Å²) >= 11 is 0. The van der Waals surface area contributed by atoms with E-state index in [2.05, 4.69) is 6.92 Å². The summed E-state index contributed by atoms with van der Waals surface area (Å²) in [6.45, 7) is 9.38. The number of nitrogens with zero attached hydrogens (tertiary/aromatic N) is 1. The van der Waals surface area contributed by atoms with Crippen LogP contribution in [0.3, 0.4) is 0 Å². The largest absolute Gasteiger partial charge is 0.372 e. The fourth-order valence-electron chi connectivity index (χ4n) is 2.07. The van der Waals surface area contributed by atoms with Gasteiger partial charge in [-0.3, -0.25) is 4.79 Å². The molecule has 2 N–H and O–H groups in total. The zero-order valence-electron chi connectivity index (χ0n) is 10.8. The normalized spacial score (nSPS) is 29.9. The van der Waals surface area contributed by atoms with Crippen molar-refractivity contribution in [2.24, 2.45) is 11.7 Å². The van der Waals surface area contributed by atoms with E-state index < -0.39 is 0 Å². The maximum absolute atomic E-state index is 12.1. The second kappa shape index (κ2) is 5.64. The minimum atomic E-state index is -0.373. The van der Waals surface area contributed by atoms with Gasteiger partial charge in [0.05, 0.1) is 18.2 Å². The molecule has 16 heavy (non-hydrogen) atoms. The zero-order valence-corrected chi connectivity index (χ0v) is 10.8. The van der Waals surface area contributed by atoms with E-state index in [0.717, 1.165) is 6.42 Å². The fraction of sp³-hybridized carbons (Fsp3) is 0.917. The lowest BCUT2D eigenvalue weighted by atomic mass is 9.98. The average Bonchev–Trinajstić information content (AvgIpc) is 2.24. The Morgan fingerprint density at radius 2 is 1.94 bits per heavy atom. The Kier molecular flexibility index (Phi) is 4.74. The lowest BCUT2D eigenvalue weighted by Crippen LogP contribution is -2.54. The van der Waals surface area contributed by atoms with E-state index >= 15 is 0 Å². The zero-order chi connectivity index (χ0) is 12.3. The van der Waals surface area contributed by atoms with Crippen LogP contribution in [-0.2, 0) is 9.53 Å². The molecule has 1 aliphatic rings. The maximum Gasteiger partial charge on any atom is 0.239 e. The van der Waals surface area contributed by atoms with Gasteiger partial charge < -0.3 is 15.4 Å². The standard InChI is InChI=1S/C12H24N2O2/c1-5-8(2)11(13)12(15)14-6-9(3)16-10(4)7-14/h8-11H,5-7,13H2,1-4H3/t8-,9-,10+,11-/m0/s1. The summed E-state index contributed by atoms with van der Waals surface area (Å²) < 4.78 is 5.60. The van der Waals surface area contributed by atoms with E-state index in [1.165, 1.54) is 0 Å². The minimum absolute atomic E-state index is 0.0661. The van der Waals surface area contributed by atoms with E-state index in [9.17, 15) is 4.79 Å². The van der Waals surface area contributed by atoms with Crippen molar-refractivity contribution in [2.75, 3.05) is 13.1 Å². The predicted octanol–water partition coefficient (Wildman–Crippen LogP) is 0.996. The Hall–Kier alpha value is -0.610. The van der Waals surface area contributed by atoms with Crippen molar-refractivity contribution in [3.63, 3.8) is 0 Å². The van der Waals surface area contributed by atoms with Gasteiger partial charge in [0.25, 0.3) is 0 Å².